The molecule has 2 aromatic heterocycles. The van der Waals surface area contributed by atoms with Gasteiger partial charge < -0.3 is 25.1 Å². The van der Waals surface area contributed by atoms with Crippen molar-refractivity contribution in [3.05, 3.63) is 47.0 Å². The van der Waals surface area contributed by atoms with Gasteiger partial charge in [0.15, 0.2) is 0 Å². The van der Waals surface area contributed by atoms with Crippen LogP contribution >= 0.6 is 0 Å². The summed E-state index contributed by atoms with van der Waals surface area (Å²) in [7, 11) is 8.39. The molecule has 0 spiro atoms. The zero-order valence-electron chi connectivity index (χ0n) is 14.7. The smallest absolute Gasteiger partial charge is 0.0478 e. The summed E-state index contributed by atoms with van der Waals surface area (Å²) in [5.74, 6) is 0. The number of nitrogens with zero attached hydrogens (tertiary/aromatic N) is 2. The molecule has 0 radical (unpaired) electrons. The van der Waals surface area contributed by atoms with E-state index in [1.54, 1.807) is 0 Å². The summed E-state index contributed by atoms with van der Waals surface area (Å²) in [5, 5.41) is 3.77. The second-order valence-electron chi connectivity index (χ2n) is 7.20. The number of hydrogen-bond acceptors (Lipinski definition) is 3. The Morgan fingerprint density at radius 1 is 0.783 bits per heavy atom. The monoisotopic (exact) mass is 315 g/mol. The standard InChI is InChI=1S/C18H29N5/c1-22(2)11-13-5-7-15(19-13)17-9-10-18(21-17)16-8-6-14(20-16)12-23(3)4/h5-8,17-21H,9-12H2,1-4H3/t17-,18-/m0/s1. The van der Waals surface area contributed by atoms with Crippen LogP contribution in [0.4, 0.5) is 0 Å². The molecule has 5 heteroatoms. The molecule has 3 heterocycles. The van der Waals surface area contributed by atoms with Gasteiger partial charge in [-0.3, -0.25) is 0 Å². The first kappa shape index (κ1) is 16.3. The average molecular weight is 315 g/mol. The van der Waals surface area contributed by atoms with Crippen molar-refractivity contribution in [2.45, 2.75) is 38.0 Å². The molecule has 0 saturated carbocycles. The zero-order valence-corrected chi connectivity index (χ0v) is 14.7. The van der Waals surface area contributed by atoms with Crippen molar-refractivity contribution >= 4 is 0 Å². The maximum atomic E-state index is 3.77. The van der Waals surface area contributed by atoms with Gasteiger partial charge in [0.25, 0.3) is 0 Å². The first-order valence-corrected chi connectivity index (χ1v) is 8.42. The molecular formula is C18H29N5. The third-order valence-corrected chi connectivity index (χ3v) is 4.41. The van der Waals surface area contributed by atoms with Gasteiger partial charge in [0, 0.05) is 47.9 Å². The van der Waals surface area contributed by atoms with Crippen LogP contribution in [0.1, 0.15) is 47.7 Å². The van der Waals surface area contributed by atoms with E-state index in [0.717, 1.165) is 13.1 Å². The molecule has 3 N–H and O–H groups in total. The van der Waals surface area contributed by atoms with Gasteiger partial charge in [0.05, 0.1) is 0 Å². The lowest BCUT2D eigenvalue weighted by Crippen LogP contribution is -2.18. The molecule has 23 heavy (non-hydrogen) atoms. The summed E-state index contributed by atoms with van der Waals surface area (Å²) >= 11 is 0. The fourth-order valence-corrected chi connectivity index (χ4v) is 3.42. The third kappa shape index (κ3) is 4.05. The minimum Gasteiger partial charge on any atom is -0.360 e. The highest BCUT2D eigenvalue weighted by atomic mass is 15.1. The Labute approximate surface area is 139 Å². The summed E-state index contributed by atoms with van der Waals surface area (Å²) in [4.78, 5) is 11.5. The van der Waals surface area contributed by atoms with Crippen molar-refractivity contribution in [2.75, 3.05) is 28.2 Å². The molecule has 0 bridgehead atoms. The molecule has 1 fully saturated rings. The molecule has 0 aliphatic carbocycles. The van der Waals surface area contributed by atoms with E-state index in [-0.39, 0.29) is 0 Å². The first-order valence-electron chi connectivity index (χ1n) is 8.42. The Morgan fingerprint density at radius 2 is 1.22 bits per heavy atom. The van der Waals surface area contributed by atoms with Crippen LogP contribution in [-0.2, 0) is 13.1 Å². The van der Waals surface area contributed by atoms with Crippen molar-refractivity contribution < 1.29 is 0 Å². The van der Waals surface area contributed by atoms with Gasteiger partial charge in [-0.15, -0.1) is 0 Å². The normalized spacial score (nSPS) is 21.7. The van der Waals surface area contributed by atoms with Gasteiger partial charge in [0.1, 0.15) is 0 Å². The topological polar surface area (TPSA) is 50.1 Å². The molecule has 3 rings (SSSR count). The number of aromatic amines is 2. The van der Waals surface area contributed by atoms with Gasteiger partial charge in [-0.1, -0.05) is 0 Å². The van der Waals surface area contributed by atoms with Crippen LogP contribution in [-0.4, -0.2) is 48.0 Å². The Kier molecular flexibility index (Phi) is 4.90. The summed E-state index contributed by atoms with van der Waals surface area (Å²) in [6.07, 6.45) is 2.35. The first-order chi connectivity index (χ1) is 11.0. The molecule has 1 saturated heterocycles. The Hall–Kier alpha value is -1.56. The van der Waals surface area contributed by atoms with E-state index in [4.69, 9.17) is 0 Å². The molecule has 2 aromatic rings. The summed E-state index contributed by atoms with van der Waals surface area (Å²) in [6.45, 7) is 1.92. The zero-order chi connectivity index (χ0) is 16.4. The van der Waals surface area contributed by atoms with Gasteiger partial charge in [-0.2, -0.15) is 0 Å². The lowest BCUT2D eigenvalue weighted by atomic mass is 10.1. The van der Waals surface area contributed by atoms with Crippen LogP contribution in [0.2, 0.25) is 0 Å². The van der Waals surface area contributed by atoms with E-state index in [1.807, 2.05) is 0 Å². The Morgan fingerprint density at radius 3 is 1.61 bits per heavy atom. The summed E-state index contributed by atoms with van der Waals surface area (Å²) in [5.41, 5.74) is 5.18. The Bertz CT molecular complexity index is 571. The summed E-state index contributed by atoms with van der Waals surface area (Å²) < 4.78 is 0. The van der Waals surface area contributed by atoms with Crippen LogP contribution in [0.5, 0.6) is 0 Å². The average Bonchev–Trinajstić information content (AvgIpc) is 3.15. The van der Waals surface area contributed by atoms with Crippen molar-refractivity contribution in [1.29, 1.82) is 0 Å². The molecule has 0 unspecified atom stereocenters. The van der Waals surface area contributed by atoms with E-state index < -0.39 is 0 Å². The molecular weight excluding hydrogens is 286 g/mol. The lowest BCUT2D eigenvalue weighted by molar-refractivity contribution is 0.396. The van der Waals surface area contributed by atoms with E-state index in [0.29, 0.717) is 12.1 Å². The quantitative estimate of drug-likeness (QED) is 0.768. The number of rotatable bonds is 6. The van der Waals surface area contributed by atoms with Crippen LogP contribution in [0.25, 0.3) is 0 Å². The highest BCUT2D eigenvalue weighted by Crippen LogP contribution is 2.33. The second kappa shape index (κ2) is 6.91. The van der Waals surface area contributed by atoms with E-state index in [1.165, 1.54) is 35.6 Å². The number of aromatic nitrogens is 2. The van der Waals surface area contributed by atoms with Crippen molar-refractivity contribution in [3.8, 4) is 0 Å². The third-order valence-electron chi connectivity index (χ3n) is 4.41. The number of nitrogens with one attached hydrogen (secondary N) is 3. The molecule has 1 aliphatic heterocycles. The number of hydrogen-bond donors (Lipinski definition) is 3. The van der Waals surface area contributed by atoms with E-state index in [9.17, 15) is 0 Å². The highest BCUT2D eigenvalue weighted by molar-refractivity contribution is 5.22. The predicted octanol–water partition coefficient (Wildman–Crippen LogP) is 2.63. The Balaban J connectivity index is 1.61. The molecule has 1 aliphatic rings. The van der Waals surface area contributed by atoms with Crippen molar-refractivity contribution in [2.24, 2.45) is 0 Å². The molecule has 2 atom stereocenters. The maximum absolute atomic E-state index is 3.77. The predicted molar refractivity (Wildman–Crippen MR) is 94.2 cm³/mol. The molecule has 0 amide bonds. The van der Waals surface area contributed by atoms with Crippen molar-refractivity contribution in [1.82, 2.24) is 25.1 Å². The van der Waals surface area contributed by atoms with Gasteiger partial charge in [-0.05, 0) is 65.3 Å². The van der Waals surface area contributed by atoms with Crippen LogP contribution in [0, 0.1) is 0 Å². The van der Waals surface area contributed by atoms with E-state index >= 15 is 0 Å². The second-order valence-corrected chi connectivity index (χ2v) is 7.20. The van der Waals surface area contributed by atoms with Crippen LogP contribution < -0.4 is 5.32 Å². The van der Waals surface area contributed by atoms with Crippen LogP contribution in [0.15, 0.2) is 24.3 Å². The molecule has 0 aromatic carbocycles. The largest absolute Gasteiger partial charge is 0.360 e. The van der Waals surface area contributed by atoms with Crippen molar-refractivity contribution in [3.63, 3.8) is 0 Å². The summed E-state index contributed by atoms with van der Waals surface area (Å²) in [6, 6.07) is 9.71. The fourth-order valence-electron chi connectivity index (χ4n) is 3.42. The number of H-pyrrole nitrogens is 2. The van der Waals surface area contributed by atoms with E-state index in [2.05, 4.69) is 77.5 Å². The van der Waals surface area contributed by atoms with Gasteiger partial charge in [0.2, 0.25) is 0 Å². The highest BCUT2D eigenvalue weighted by Gasteiger charge is 2.27. The molecule has 126 valence electrons. The minimum atomic E-state index is 0.427. The lowest BCUT2D eigenvalue weighted by Gasteiger charge is -2.13. The fraction of sp³-hybridized carbons (Fsp3) is 0.556. The maximum Gasteiger partial charge on any atom is 0.0478 e. The van der Waals surface area contributed by atoms with Gasteiger partial charge >= 0.3 is 0 Å². The SMILES string of the molecule is CN(C)Cc1ccc([C@@H]2CC[C@@H](c3ccc(CN(C)C)[nH]3)N2)[nH]1. The minimum absolute atomic E-state index is 0.427. The van der Waals surface area contributed by atoms with Gasteiger partial charge in [-0.25, -0.2) is 0 Å². The molecule has 5 nitrogen and oxygen atoms in total. The van der Waals surface area contributed by atoms with Crippen LogP contribution in [0.3, 0.4) is 0 Å².